The summed E-state index contributed by atoms with van der Waals surface area (Å²) in [6.07, 6.45) is 1.94. The highest BCUT2D eigenvalue weighted by Gasteiger charge is 2.09. The third-order valence-corrected chi connectivity index (χ3v) is 3.99. The molecule has 1 aromatic heterocycles. The van der Waals surface area contributed by atoms with Crippen molar-refractivity contribution in [2.45, 2.75) is 20.0 Å². The molecule has 1 aromatic carbocycles. The highest BCUT2D eigenvalue weighted by atomic mass is 79.9. The van der Waals surface area contributed by atoms with E-state index in [0.29, 0.717) is 0 Å². The minimum atomic E-state index is 0.834. The maximum Gasteiger partial charge on any atom is 0.131 e. The van der Waals surface area contributed by atoms with Gasteiger partial charge in [-0.1, -0.05) is 34.1 Å². The number of halogens is 1. The van der Waals surface area contributed by atoms with Crippen molar-refractivity contribution in [1.29, 1.82) is 0 Å². The molecule has 0 saturated carbocycles. The molecule has 0 spiro atoms. The lowest BCUT2D eigenvalue weighted by Crippen LogP contribution is -2.19. The summed E-state index contributed by atoms with van der Waals surface area (Å²) in [5, 5.41) is 3.15. The summed E-state index contributed by atoms with van der Waals surface area (Å²) in [5.41, 5.74) is 3.67. The van der Waals surface area contributed by atoms with Gasteiger partial charge in [-0.3, -0.25) is 0 Å². The number of nitrogens with one attached hydrogen (secondary N) is 1. The lowest BCUT2D eigenvalue weighted by atomic mass is 10.1. The summed E-state index contributed by atoms with van der Waals surface area (Å²) in [6.45, 7) is 3.79. The lowest BCUT2D eigenvalue weighted by molar-refractivity contribution is 0.807. The van der Waals surface area contributed by atoms with Crippen LogP contribution in [0.4, 0.5) is 5.82 Å². The molecular formula is C16H20BrN3. The first kappa shape index (κ1) is 15.0. The second-order valence-electron chi connectivity index (χ2n) is 4.96. The third kappa shape index (κ3) is 3.58. The van der Waals surface area contributed by atoms with Crippen molar-refractivity contribution < 1.29 is 0 Å². The topological polar surface area (TPSA) is 28.2 Å². The summed E-state index contributed by atoms with van der Waals surface area (Å²) in [5.74, 6) is 1.03. The molecule has 0 amide bonds. The number of hydrogen-bond acceptors (Lipinski definition) is 3. The molecule has 1 N–H and O–H groups in total. The molecule has 2 rings (SSSR count). The molecule has 1 heterocycles. The van der Waals surface area contributed by atoms with Crippen LogP contribution in [0.2, 0.25) is 0 Å². The van der Waals surface area contributed by atoms with Gasteiger partial charge in [0.2, 0.25) is 0 Å². The van der Waals surface area contributed by atoms with Crippen LogP contribution in [0.25, 0.3) is 0 Å². The van der Waals surface area contributed by atoms with E-state index in [1.165, 1.54) is 16.7 Å². The fourth-order valence-corrected chi connectivity index (χ4v) is 2.69. The molecule has 0 aliphatic rings. The van der Waals surface area contributed by atoms with Gasteiger partial charge in [0.05, 0.1) is 0 Å². The Labute approximate surface area is 129 Å². The van der Waals surface area contributed by atoms with E-state index in [1.807, 2.05) is 19.3 Å². The molecule has 0 fully saturated rings. The van der Waals surface area contributed by atoms with Crippen LogP contribution in [0.1, 0.15) is 16.7 Å². The van der Waals surface area contributed by atoms with E-state index < -0.39 is 0 Å². The van der Waals surface area contributed by atoms with Gasteiger partial charge in [0.1, 0.15) is 5.82 Å². The summed E-state index contributed by atoms with van der Waals surface area (Å²) >= 11 is 3.59. The zero-order chi connectivity index (χ0) is 14.5. The van der Waals surface area contributed by atoms with Crippen molar-refractivity contribution in [1.82, 2.24) is 10.3 Å². The quantitative estimate of drug-likeness (QED) is 0.907. The molecule has 0 aliphatic carbocycles. The van der Waals surface area contributed by atoms with E-state index in [9.17, 15) is 0 Å². The van der Waals surface area contributed by atoms with Crippen molar-refractivity contribution in [2.75, 3.05) is 19.0 Å². The van der Waals surface area contributed by atoms with Gasteiger partial charge in [-0.2, -0.15) is 0 Å². The number of anilines is 1. The van der Waals surface area contributed by atoms with Gasteiger partial charge in [0.25, 0.3) is 0 Å². The summed E-state index contributed by atoms with van der Waals surface area (Å²) in [6, 6.07) is 10.5. The van der Waals surface area contributed by atoms with Crippen LogP contribution in [0.5, 0.6) is 0 Å². The second-order valence-corrected chi connectivity index (χ2v) is 5.82. The molecule has 2 aromatic rings. The molecule has 106 valence electrons. The average Bonchev–Trinajstić information content (AvgIpc) is 2.42. The first-order valence-electron chi connectivity index (χ1n) is 6.66. The zero-order valence-corrected chi connectivity index (χ0v) is 13.7. The van der Waals surface area contributed by atoms with E-state index in [4.69, 9.17) is 0 Å². The van der Waals surface area contributed by atoms with Gasteiger partial charge in [0.15, 0.2) is 0 Å². The van der Waals surface area contributed by atoms with Crippen molar-refractivity contribution in [2.24, 2.45) is 0 Å². The Morgan fingerprint density at radius 3 is 2.70 bits per heavy atom. The van der Waals surface area contributed by atoms with Crippen LogP contribution in [0, 0.1) is 6.92 Å². The number of nitrogens with zero attached hydrogens (tertiary/aromatic N) is 2. The van der Waals surface area contributed by atoms with E-state index >= 15 is 0 Å². The van der Waals surface area contributed by atoms with Crippen molar-refractivity contribution in [3.8, 4) is 0 Å². The maximum atomic E-state index is 4.59. The third-order valence-electron chi connectivity index (χ3n) is 3.22. The Morgan fingerprint density at radius 1 is 1.30 bits per heavy atom. The zero-order valence-electron chi connectivity index (χ0n) is 12.2. The van der Waals surface area contributed by atoms with E-state index in [1.54, 1.807) is 0 Å². The molecule has 0 radical (unpaired) electrons. The molecule has 20 heavy (non-hydrogen) atoms. The van der Waals surface area contributed by atoms with Crippen LogP contribution in [0.3, 0.4) is 0 Å². The molecule has 0 saturated heterocycles. The largest absolute Gasteiger partial charge is 0.355 e. The van der Waals surface area contributed by atoms with E-state index in [-0.39, 0.29) is 0 Å². The first-order valence-corrected chi connectivity index (χ1v) is 7.45. The maximum absolute atomic E-state index is 4.59. The number of hydrogen-bond donors (Lipinski definition) is 1. The molecule has 3 nitrogen and oxygen atoms in total. The lowest BCUT2D eigenvalue weighted by Gasteiger charge is -2.21. The van der Waals surface area contributed by atoms with Crippen LogP contribution >= 0.6 is 15.9 Å². The van der Waals surface area contributed by atoms with Gasteiger partial charge in [-0.25, -0.2) is 4.98 Å². The van der Waals surface area contributed by atoms with Gasteiger partial charge in [-0.05, 0) is 42.8 Å². The molecule has 4 heteroatoms. The standard InChI is InChI=1S/C16H20BrN3/c1-12-8-13(9-18-2)10-19-16(12)20(3)11-14-6-4-5-7-15(14)17/h4-8,10,18H,9,11H2,1-3H3. The van der Waals surface area contributed by atoms with Gasteiger partial charge in [0, 0.05) is 30.8 Å². The minimum Gasteiger partial charge on any atom is -0.355 e. The summed E-state index contributed by atoms with van der Waals surface area (Å²) in [7, 11) is 4.02. The number of aryl methyl sites for hydroxylation is 1. The van der Waals surface area contributed by atoms with E-state index in [0.717, 1.165) is 23.4 Å². The van der Waals surface area contributed by atoms with Crippen LogP contribution in [0.15, 0.2) is 41.0 Å². The van der Waals surface area contributed by atoms with E-state index in [2.05, 4.69) is 69.4 Å². The molecule has 0 aliphatic heterocycles. The Morgan fingerprint density at radius 2 is 2.05 bits per heavy atom. The van der Waals surface area contributed by atoms with Crippen molar-refractivity contribution in [3.63, 3.8) is 0 Å². The first-order chi connectivity index (χ1) is 9.61. The number of aromatic nitrogens is 1. The fourth-order valence-electron chi connectivity index (χ4n) is 2.28. The summed E-state index contributed by atoms with van der Waals surface area (Å²) < 4.78 is 1.14. The predicted molar refractivity (Wildman–Crippen MR) is 88.0 cm³/mol. The highest BCUT2D eigenvalue weighted by Crippen LogP contribution is 2.22. The predicted octanol–water partition coefficient (Wildman–Crippen LogP) is 3.51. The van der Waals surface area contributed by atoms with Gasteiger partial charge in [-0.15, -0.1) is 0 Å². The Bertz CT molecular complexity index is 584. The number of pyridine rings is 1. The summed E-state index contributed by atoms with van der Waals surface area (Å²) in [4.78, 5) is 6.77. The Hall–Kier alpha value is -1.39. The smallest absolute Gasteiger partial charge is 0.131 e. The minimum absolute atomic E-state index is 0.834. The molecule has 0 bridgehead atoms. The van der Waals surface area contributed by atoms with Crippen LogP contribution < -0.4 is 10.2 Å². The normalized spacial score (nSPS) is 10.6. The van der Waals surface area contributed by atoms with Crippen molar-refractivity contribution in [3.05, 3.63) is 57.7 Å². The monoisotopic (exact) mass is 333 g/mol. The van der Waals surface area contributed by atoms with Crippen LogP contribution in [-0.2, 0) is 13.1 Å². The SMILES string of the molecule is CNCc1cnc(N(C)Cc2ccccc2Br)c(C)c1. The molecular weight excluding hydrogens is 314 g/mol. The van der Waals surface area contributed by atoms with Crippen LogP contribution in [-0.4, -0.2) is 19.1 Å². The fraction of sp³-hybridized carbons (Fsp3) is 0.312. The van der Waals surface area contributed by atoms with Gasteiger partial charge < -0.3 is 10.2 Å². The molecule has 0 atom stereocenters. The number of benzene rings is 1. The van der Waals surface area contributed by atoms with Gasteiger partial charge >= 0.3 is 0 Å². The van der Waals surface area contributed by atoms with Crippen molar-refractivity contribution >= 4 is 21.7 Å². The average molecular weight is 334 g/mol. The highest BCUT2D eigenvalue weighted by molar-refractivity contribution is 9.10. The Balaban J connectivity index is 2.17. The Kier molecular flexibility index (Phi) is 5.15. The number of rotatable bonds is 5. The second kappa shape index (κ2) is 6.86. The molecule has 0 unspecified atom stereocenters.